The predicted molar refractivity (Wildman–Crippen MR) is 215 cm³/mol. The van der Waals surface area contributed by atoms with E-state index in [1.165, 1.54) is 109 Å². The van der Waals surface area contributed by atoms with E-state index in [1.54, 1.807) is 0 Å². The largest absolute Gasteiger partial charge is 0.0616 e. The standard InChI is InChI=1S/C50H30/c1-2-14-36-31(11-1)23-24-34-29-33(25-26-37(34)36)32-12-9-13-35(30-32)48-41-17-5-7-19-43(41)50(44-20-8-6-18-42(44)48)47-28-27-46-39-16-4-3-15-38(39)40-21-10-22-45(47)49(40)46/h1-30H. The first kappa shape index (κ1) is 27.5. The van der Waals surface area contributed by atoms with Gasteiger partial charge < -0.3 is 0 Å². The monoisotopic (exact) mass is 630 g/mol. The Labute approximate surface area is 290 Å². The zero-order valence-corrected chi connectivity index (χ0v) is 27.3. The van der Waals surface area contributed by atoms with E-state index in [0.29, 0.717) is 0 Å². The molecule has 0 N–H and O–H groups in total. The Hall–Kier alpha value is -6.50. The molecule has 0 heterocycles. The average molecular weight is 631 g/mol. The van der Waals surface area contributed by atoms with Crippen LogP contribution in [0.15, 0.2) is 182 Å². The van der Waals surface area contributed by atoms with Crippen LogP contribution in [0.5, 0.6) is 0 Å². The van der Waals surface area contributed by atoms with E-state index < -0.39 is 0 Å². The van der Waals surface area contributed by atoms with Crippen molar-refractivity contribution in [1.29, 1.82) is 0 Å². The first-order valence-electron chi connectivity index (χ1n) is 17.4. The Morgan fingerprint density at radius 1 is 0.220 bits per heavy atom. The predicted octanol–water partition coefficient (Wildman–Crippen LogP) is 14.1. The molecule has 0 unspecified atom stereocenters. The maximum absolute atomic E-state index is 2.38. The number of fused-ring (bicyclic) bond motifs is 8. The van der Waals surface area contributed by atoms with Gasteiger partial charge in [0.15, 0.2) is 0 Å². The van der Waals surface area contributed by atoms with Crippen molar-refractivity contribution in [2.45, 2.75) is 0 Å². The van der Waals surface area contributed by atoms with Gasteiger partial charge in [-0.2, -0.15) is 0 Å². The van der Waals surface area contributed by atoms with E-state index in [2.05, 4.69) is 182 Å². The van der Waals surface area contributed by atoms with Crippen LogP contribution in [0.3, 0.4) is 0 Å². The van der Waals surface area contributed by atoms with Crippen LogP contribution in [0.2, 0.25) is 0 Å². The van der Waals surface area contributed by atoms with Crippen molar-refractivity contribution >= 4 is 53.9 Å². The maximum atomic E-state index is 2.38. The Balaban J connectivity index is 1.14. The highest BCUT2D eigenvalue weighted by Crippen LogP contribution is 2.51. The number of rotatable bonds is 3. The second-order valence-electron chi connectivity index (χ2n) is 13.6. The quantitative estimate of drug-likeness (QED) is 0.135. The van der Waals surface area contributed by atoms with Crippen LogP contribution in [-0.4, -0.2) is 0 Å². The first-order chi connectivity index (χ1) is 24.8. The minimum Gasteiger partial charge on any atom is -0.0616 e. The van der Waals surface area contributed by atoms with Gasteiger partial charge in [0.05, 0.1) is 0 Å². The molecule has 1 aliphatic rings. The molecular formula is C50H30. The third kappa shape index (κ3) is 3.88. The lowest BCUT2D eigenvalue weighted by Crippen LogP contribution is -1.92. The molecule has 0 fully saturated rings. The third-order valence-electron chi connectivity index (χ3n) is 11.0. The summed E-state index contributed by atoms with van der Waals surface area (Å²) in [6.07, 6.45) is 0. The molecule has 0 heteroatoms. The molecule has 0 atom stereocenters. The van der Waals surface area contributed by atoms with Crippen LogP contribution in [0, 0.1) is 0 Å². The fourth-order valence-electron chi connectivity index (χ4n) is 8.80. The summed E-state index contributed by atoms with van der Waals surface area (Å²) in [5.74, 6) is 0. The minimum absolute atomic E-state index is 1.22. The van der Waals surface area contributed by atoms with Gasteiger partial charge in [-0.25, -0.2) is 0 Å². The molecule has 10 aromatic carbocycles. The molecule has 0 amide bonds. The Bertz CT molecular complexity index is 2950. The van der Waals surface area contributed by atoms with Crippen molar-refractivity contribution in [2.75, 3.05) is 0 Å². The van der Waals surface area contributed by atoms with Crippen molar-refractivity contribution in [3.05, 3.63) is 182 Å². The van der Waals surface area contributed by atoms with Crippen molar-refractivity contribution in [1.82, 2.24) is 0 Å². The molecule has 10 aromatic rings. The average Bonchev–Trinajstić information content (AvgIpc) is 3.52. The molecule has 0 bridgehead atoms. The van der Waals surface area contributed by atoms with Crippen molar-refractivity contribution in [3.63, 3.8) is 0 Å². The summed E-state index contributed by atoms with van der Waals surface area (Å²) in [6.45, 7) is 0. The number of hydrogen-bond donors (Lipinski definition) is 0. The van der Waals surface area contributed by atoms with Gasteiger partial charge in [0, 0.05) is 0 Å². The fraction of sp³-hybridized carbons (Fsp3) is 0. The Kier molecular flexibility index (Phi) is 5.76. The van der Waals surface area contributed by atoms with Gasteiger partial charge in [0.2, 0.25) is 0 Å². The second kappa shape index (κ2) is 10.5. The molecule has 50 heavy (non-hydrogen) atoms. The summed E-state index contributed by atoms with van der Waals surface area (Å²) in [4.78, 5) is 0. The minimum atomic E-state index is 1.22. The van der Waals surface area contributed by atoms with Crippen molar-refractivity contribution < 1.29 is 0 Å². The van der Waals surface area contributed by atoms with E-state index >= 15 is 0 Å². The molecule has 0 aromatic heterocycles. The second-order valence-corrected chi connectivity index (χ2v) is 13.6. The first-order valence-corrected chi connectivity index (χ1v) is 17.4. The van der Waals surface area contributed by atoms with Crippen molar-refractivity contribution in [3.8, 4) is 55.6 Å². The summed E-state index contributed by atoms with van der Waals surface area (Å²) >= 11 is 0. The van der Waals surface area contributed by atoms with Gasteiger partial charge in [-0.1, -0.05) is 170 Å². The highest BCUT2D eigenvalue weighted by Gasteiger charge is 2.24. The lowest BCUT2D eigenvalue weighted by Gasteiger charge is -2.19. The van der Waals surface area contributed by atoms with Gasteiger partial charge in [-0.05, 0) is 122 Å². The Morgan fingerprint density at radius 3 is 1.48 bits per heavy atom. The Morgan fingerprint density at radius 2 is 0.720 bits per heavy atom. The smallest absolute Gasteiger partial charge is 0.00201 e. The van der Waals surface area contributed by atoms with E-state index in [-0.39, 0.29) is 0 Å². The van der Waals surface area contributed by atoms with Crippen LogP contribution in [0.1, 0.15) is 0 Å². The zero-order chi connectivity index (χ0) is 32.8. The number of benzene rings is 10. The molecule has 1 aliphatic carbocycles. The van der Waals surface area contributed by atoms with E-state index in [1.807, 2.05) is 0 Å². The highest BCUT2D eigenvalue weighted by atomic mass is 14.3. The van der Waals surface area contributed by atoms with E-state index in [9.17, 15) is 0 Å². The van der Waals surface area contributed by atoms with Crippen LogP contribution >= 0.6 is 0 Å². The fourth-order valence-corrected chi connectivity index (χ4v) is 8.80. The molecule has 0 spiro atoms. The summed E-state index contributed by atoms with van der Waals surface area (Å²) < 4.78 is 0. The molecule has 11 rings (SSSR count). The van der Waals surface area contributed by atoms with Gasteiger partial charge in [-0.3, -0.25) is 0 Å². The molecule has 0 radical (unpaired) electrons. The zero-order valence-electron chi connectivity index (χ0n) is 27.3. The summed E-state index contributed by atoms with van der Waals surface area (Å²) in [5, 5.41) is 12.9. The third-order valence-corrected chi connectivity index (χ3v) is 11.0. The van der Waals surface area contributed by atoms with Crippen LogP contribution in [-0.2, 0) is 0 Å². The van der Waals surface area contributed by atoms with Crippen LogP contribution in [0.25, 0.3) is 109 Å². The number of hydrogen-bond acceptors (Lipinski definition) is 0. The maximum Gasteiger partial charge on any atom is -0.00201 e. The molecular weight excluding hydrogens is 601 g/mol. The lowest BCUT2D eigenvalue weighted by atomic mass is 9.83. The summed E-state index contributed by atoms with van der Waals surface area (Å²) in [7, 11) is 0. The molecule has 0 nitrogen and oxygen atoms in total. The SMILES string of the molecule is c1cc(-c2ccc3c(ccc4ccccc43)c2)cc(-c2c3ccccc3c(-c3ccc4c5c(cccc35)-c3ccccc3-4)c3ccccc23)c1. The molecule has 0 saturated heterocycles. The van der Waals surface area contributed by atoms with Crippen molar-refractivity contribution in [2.24, 2.45) is 0 Å². The lowest BCUT2D eigenvalue weighted by molar-refractivity contribution is 1.63. The van der Waals surface area contributed by atoms with E-state index in [0.717, 1.165) is 0 Å². The van der Waals surface area contributed by atoms with Gasteiger partial charge in [0.25, 0.3) is 0 Å². The van der Waals surface area contributed by atoms with Crippen LogP contribution < -0.4 is 0 Å². The summed E-state index contributed by atoms with van der Waals surface area (Å²) in [5.41, 5.74) is 12.9. The molecule has 0 aliphatic heterocycles. The normalized spacial score (nSPS) is 12.0. The highest BCUT2D eigenvalue weighted by molar-refractivity contribution is 6.26. The van der Waals surface area contributed by atoms with Gasteiger partial charge in [-0.15, -0.1) is 0 Å². The van der Waals surface area contributed by atoms with Gasteiger partial charge >= 0.3 is 0 Å². The topological polar surface area (TPSA) is 0 Å². The molecule has 230 valence electrons. The van der Waals surface area contributed by atoms with Crippen LogP contribution in [0.4, 0.5) is 0 Å². The summed E-state index contributed by atoms with van der Waals surface area (Å²) in [6, 6.07) is 67.5. The van der Waals surface area contributed by atoms with E-state index in [4.69, 9.17) is 0 Å². The van der Waals surface area contributed by atoms with Gasteiger partial charge in [0.1, 0.15) is 0 Å². The molecule has 0 saturated carbocycles.